The number of hydrogen-bond donors (Lipinski definition) is 2. The Hall–Kier alpha value is -4.10. The first-order chi connectivity index (χ1) is 16.6. The maximum Gasteiger partial charge on any atom is 0.573 e. The van der Waals surface area contributed by atoms with Crippen LogP contribution in [-0.4, -0.2) is 50.4 Å². The van der Waals surface area contributed by atoms with Crippen LogP contribution in [0.15, 0.2) is 36.5 Å². The lowest BCUT2D eigenvalue weighted by molar-refractivity contribution is -0.274. The molecule has 0 saturated heterocycles. The molecule has 0 saturated carbocycles. The van der Waals surface area contributed by atoms with Crippen molar-refractivity contribution in [3.05, 3.63) is 59.3 Å². The van der Waals surface area contributed by atoms with Crippen LogP contribution in [0.3, 0.4) is 0 Å². The van der Waals surface area contributed by atoms with Gasteiger partial charge in [0.25, 0.3) is 5.91 Å². The second-order valence-electron chi connectivity index (χ2n) is 7.34. The number of anilines is 1. The number of halogens is 4. The van der Waals surface area contributed by atoms with E-state index in [0.29, 0.717) is 18.7 Å². The van der Waals surface area contributed by atoms with Crippen LogP contribution in [0, 0.1) is 5.82 Å². The second-order valence-corrected chi connectivity index (χ2v) is 7.34. The lowest BCUT2D eigenvalue weighted by atomic mass is 10.1. The first-order valence-corrected chi connectivity index (χ1v) is 10.4. The molecular weight excluding hydrogens is 474 g/mol. The molecule has 0 aliphatic rings. The number of aromatic nitrogens is 5. The highest BCUT2D eigenvalue weighted by Gasteiger charge is 2.31. The lowest BCUT2D eigenvalue weighted by Gasteiger charge is -2.11. The Kier molecular flexibility index (Phi) is 8.28. The smallest absolute Gasteiger partial charge is 0.406 e. The normalized spacial score (nSPS) is 11.2. The van der Waals surface area contributed by atoms with Gasteiger partial charge in [-0.15, -0.1) is 23.4 Å². The van der Waals surface area contributed by atoms with Crippen LogP contribution in [0.4, 0.5) is 23.4 Å². The van der Waals surface area contributed by atoms with E-state index in [9.17, 15) is 27.2 Å². The van der Waals surface area contributed by atoms with Crippen molar-refractivity contribution in [2.45, 2.75) is 38.6 Å². The molecule has 2 aromatic heterocycles. The molecule has 2 N–H and O–H groups in total. The minimum Gasteiger partial charge on any atom is -0.406 e. The van der Waals surface area contributed by atoms with Gasteiger partial charge in [0, 0.05) is 19.2 Å². The molecule has 3 rings (SSSR count). The van der Waals surface area contributed by atoms with Crippen molar-refractivity contribution in [1.82, 2.24) is 30.5 Å². The number of carbonyl (C=O) groups is 2. The molecule has 3 aromatic rings. The van der Waals surface area contributed by atoms with Crippen LogP contribution < -0.4 is 15.4 Å². The Bertz CT molecular complexity index is 1170. The zero-order valence-corrected chi connectivity index (χ0v) is 18.5. The number of aryl methyl sites for hydroxylation is 2. The van der Waals surface area contributed by atoms with Gasteiger partial charge in [0.1, 0.15) is 11.6 Å². The number of unbranched alkanes of at least 4 members (excludes halogenated alkanes) is 1. The third kappa shape index (κ3) is 8.01. The molecule has 1 aromatic carbocycles. The molecule has 0 radical (unpaired) electrons. The first-order valence-electron chi connectivity index (χ1n) is 10.4. The van der Waals surface area contributed by atoms with Crippen LogP contribution in [0.5, 0.6) is 5.75 Å². The van der Waals surface area contributed by atoms with Crippen molar-refractivity contribution in [3.8, 4) is 5.75 Å². The number of carbonyl (C=O) groups excluding carboxylic acids is 2. The van der Waals surface area contributed by atoms with E-state index in [0.717, 1.165) is 31.0 Å². The molecule has 0 atom stereocenters. The summed E-state index contributed by atoms with van der Waals surface area (Å²) in [6.45, 7) is 0.567. The highest BCUT2D eigenvalue weighted by Crippen LogP contribution is 2.25. The van der Waals surface area contributed by atoms with Gasteiger partial charge in [-0.2, -0.15) is 5.10 Å². The van der Waals surface area contributed by atoms with E-state index >= 15 is 0 Å². The van der Waals surface area contributed by atoms with Gasteiger partial charge in [-0.3, -0.25) is 14.3 Å². The molecular formula is C21H21F4N7O3. The molecule has 14 heteroatoms. The Morgan fingerprint density at radius 1 is 1.09 bits per heavy atom. The van der Waals surface area contributed by atoms with Crippen LogP contribution in [0.1, 0.15) is 34.6 Å². The Morgan fingerprint density at radius 2 is 1.89 bits per heavy atom. The predicted octanol–water partition coefficient (Wildman–Crippen LogP) is 2.67. The summed E-state index contributed by atoms with van der Waals surface area (Å²) in [4.78, 5) is 23.7. The maximum absolute atomic E-state index is 13.9. The summed E-state index contributed by atoms with van der Waals surface area (Å²) < 4.78 is 56.2. The van der Waals surface area contributed by atoms with Crippen LogP contribution in [0.25, 0.3) is 0 Å². The fraction of sp³-hybridized carbons (Fsp3) is 0.333. The van der Waals surface area contributed by atoms with E-state index in [1.54, 1.807) is 16.9 Å². The first kappa shape index (κ1) is 25.5. The van der Waals surface area contributed by atoms with Crippen molar-refractivity contribution in [3.63, 3.8) is 0 Å². The second kappa shape index (κ2) is 11.4. The number of ether oxygens (including phenoxy) is 1. The van der Waals surface area contributed by atoms with Crippen LogP contribution >= 0.6 is 0 Å². The van der Waals surface area contributed by atoms with Gasteiger partial charge >= 0.3 is 6.36 Å². The maximum atomic E-state index is 13.9. The Balaban J connectivity index is 1.45. The van der Waals surface area contributed by atoms with E-state index in [2.05, 4.69) is 35.9 Å². The zero-order chi connectivity index (χ0) is 25.4. The van der Waals surface area contributed by atoms with E-state index < -0.39 is 30.3 Å². The molecule has 35 heavy (non-hydrogen) atoms. The average Bonchev–Trinajstić information content (AvgIpc) is 3.27. The summed E-state index contributed by atoms with van der Waals surface area (Å²) >= 11 is 0. The summed E-state index contributed by atoms with van der Waals surface area (Å²) in [5.41, 5.74) is 0.653. The molecule has 0 aliphatic heterocycles. The van der Waals surface area contributed by atoms with Gasteiger partial charge in [0.15, 0.2) is 11.5 Å². The van der Waals surface area contributed by atoms with Gasteiger partial charge in [-0.25, -0.2) is 4.39 Å². The van der Waals surface area contributed by atoms with Gasteiger partial charge in [-0.05, 0) is 49.6 Å². The minimum absolute atomic E-state index is 0.117. The number of amides is 2. The summed E-state index contributed by atoms with van der Waals surface area (Å²) in [7, 11) is 1.51. The number of rotatable bonds is 10. The highest BCUT2D eigenvalue weighted by atomic mass is 19.4. The van der Waals surface area contributed by atoms with E-state index in [1.807, 2.05) is 0 Å². The molecule has 0 aliphatic carbocycles. The van der Waals surface area contributed by atoms with Gasteiger partial charge in [0.2, 0.25) is 5.91 Å². The Morgan fingerprint density at radius 3 is 2.57 bits per heavy atom. The lowest BCUT2D eigenvalue weighted by Crippen LogP contribution is -2.18. The SMILES string of the molecule is CNC(=O)c1cn(CCCCc2ccc(NC(=O)Cc3cc(OC(F)(F)F)ccc3F)nn2)nn1. The third-order valence-corrected chi connectivity index (χ3v) is 4.66. The summed E-state index contributed by atoms with van der Waals surface area (Å²) in [5.74, 6) is -2.34. The van der Waals surface area contributed by atoms with Crippen molar-refractivity contribution in [2.24, 2.45) is 0 Å². The number of nitrogens with zero attached hydrogens (tertiary/aromatic N) is 5. The largest absolute Gasteiger partial charge is 0.573 e. The predicted molar refractivity (Wildman–Crippen MR) is 114 cm³/mol. The van der Waals surface area contributed by atoms with Crippen molar-refractivity contribution >= 4 is 17.6 Å². The number of alkyl halides is 3. The topological polar surface area (TPSA) is 124 Å². The van der Waals surface area contributed by atoms with Gasteiger partial charge < -0.3 is 15.4 Å². The Labute approximate surface area is 196 Å². The van der Waals surface area contributed by atoms with Crippen LogP contribution in [-0.2, 0) is 24.2 Å². The molecule has 0 bridgehead atoms. The van der Waals surface area contributed by atoms with Gasteiger partial charge in [0.05, 0.1) is 18.3 Å². The monoisotopic (exact) mass is 495 g/mol. The zero-order valence-electron chi connectivity index (χ0n) is 18.5. The quantitative estimate of drug-likeness (QED) is 0.327. The van der Waals surface area contributed by atoms with Crippen molar-refractivity contribution in [1.29, 1.82) is 0 Å². The molecule has 0 spiro atoms. The fourth-order valence-electron chi connectivity index (χ4n) is 3.02. The standard InChI is InChI=1S/C21H21F4N7O3/c1-26-20(34)17-12-32(31-29-17)9-3-2-4-14-5-8-18(30-28-14)27-19(33)11-13-10-15(6-7-16(13)22)35-21(23,24)25/h5-8,10,12H,2-4,9,11H2,1H3,(H,26,34)(H,27,30,33). The number of benzene rings is 1. The average molecular weight is 495 g/mol. The summed E-state index contributed by atoms with van der Waals surface area (Å²) in [5, 5.41) is 20.5. The highest BCUT2D eigenvalue weighted by molar-refractivity contribution is 5.91. The van der Waals surface area contributed by atoms with E-state index in [1.165, 1.54) is 13.1 Å². The van der Waals surface area contributed by atoms with E-state index in [-0.39, 0.29) is 23.0 Å². The molecule has 0 fully saturated rings. The van der Waals surface area contributed by atoms with Crippen molar-refractivity contribution in [2.75, 3.05) is 12.4 Å². The van der Waals surface area contributed by atoms with Gasteiger partial charge in [-0.1, -0.05) is 5.21 Å². The number of hydrogen-bond acceptors (Lipinski definition) is 7. The molecule has 0 unspecified atom stereocenters. The molecule has 186 valence electrons. The number of nitrogens with one attached hydrogen (secondary N) is 2. The third-order valence-electron chi connectivity index (χ3n) is 4.66. The molecule has 2 amide bonds. The van der Waals surface area contributed by atoms with Crippen LogP contribution in [0.2, 0.25) is 0 Å². The van der Waals surface area contributed by atoms with E-state index in [4.69, 9.17) is 0 Å². The molecule has 2 heterocycles. The summed E-state index contributed by atoms with van der Waals surface area (Å²) in [6.07, 6.45) is -1.78. The molecule has 10 nitrogen and oxygen atoms in total. The minimum atomic E-state index is -4.93. The fourth-order valence-corrected chi connectivity index (χ4v) is 3.02. The summed E-state index contributed by atoms with van der Waals surface area (Å²) in [6, 6.07) is 5.62. The van der Waals surface area contributed by atoms with Crippen molar-refractivity contribution < 1.29 is 31.9 Å².